The minimum Gasteiger partial charge on any atom is -0.392 e. The number of aryl methyl sites for hydroxylation is 1. The van der Waals surface area contributed by atoms with E-state index < -0.39 is 47.7 Å². The molecular formula is C56H62N12O8. The highest BCUT2D eigenvalue weighted by Gasteiger charge is 2.47. The number of piperazine rings is 1. The van der Waals surface area contributed by atoms with E-state index in [9.17, 15) is 38.7 Å². The summed E-state index contributed by atoms with van der Waals surface area (Å²) in [6, 6.07) is 13.7. The molecule has 394 valence electrons. The van der Waals surface area contributed by atoms with Crippen molar-refractivity contribution in [2.24, 2.45) is 12.5 Å². The van der Waals surface area contributed by atoms with Gasteiger partial charge in [0.25, 0.3) is 23.3 Å². The van der Waals surface area contributed by atoms with Gasteiger partial charge >= 0.3 is 0 Å². The number of benzene rings is 2. The van der Waals surface area contributed by atoms with E-state index in [1.54, 1.807) is 48.6 Å². The summed E-state index contributed by atoms with van der Waals surface area (Å²) in [5, 5.41) is 19.3. The van der Waals surface area contributed by atoms with Gasteiger partial charge < -0.3 is 34.7 Å². The molecule has 2 aromatic carbocycles. The smallest absolute Gasteiger partial charge is 0.293 e. The summed E-state index contributed by atoms with van der Waals surface area (Å²) in [7, 11) is 1.62. The highest BCUT2D eigenvalue weighted by molar-refractivity contribution is 6.25. The molecule has 76 heavy (non-hydrogen) atoms. The Morgan fingerprint density at radius 1 is 0.895 bits per heavy atom. The number of aliphatic hydroxyl groups is 1. The molecule has 0 saturated carbocycles. The third kappa shape index (κ3) is 8.71. The second-order valence-corrected chi connectivity index (χ2v) is 21.8. The first-order chi connectivity index (χ1) is 36.4. The van der Waals surface area contributed by atoms with Crippen molar-refractivity contribution in [3.8, 4) is 11.3 Å². The fraction of sp³-hybridized carbons (Fsp3) is 0.411. The average molecular weight is 1030 g/mol. The lowest BCUT2D eigenvalue weighted by atomic mass is 9.90. The van der Waals surface area contributed by atoms with Crippen molar-refractivity contribution in [3.05, 3.63) is 118 Å². The summed E-state index contributed by atoms with van der Waals surface area (Å²) in [6.07, 6.45) is 7.95. The average Bonchev–Trinajstić information content (AvgIpc) is 4.06. The number of imide groups is 2. The Kier molecular flexibility index (Phi) is 12.8. The van der Waals surface area contributed by atoms with Gasteiger partial charge in [-0.25, -0.2) is 9.97 Å². The molecule has 8 heterocycles. The van der Waals surface area contributed by atoms with Gasteiger partial charge in [-0.05, 0) is 105 Å². The van der Waals surface area contributed by atoms with Crippen LogP contribution in [0.5, 0.6) is 0 Å². The molecule has 20 nitrogen and oxygen atoms in total. The first-order valence-electron chi connectivity index (χ1n) is 26.1. The van der Waals surface area contributed by atoms with Crippen LogP contribution < -0.4 is 36.2 Å². The molecular weight excluding hydrogens is 969 g/mol. The summed E-state index contributed by atoms with van der Waals surface area (Å²) in [5.41, 5.74) is 7.08. The van der Waals surface area contributed by atoms with Crippen LogP contribution in [0.4, 0.5) is 34.4 Å². The van der Waals surface area contributed by atoms with Gasteiger partial charge in [-0.3, -0.25) is 53.6 Å². The van der Waals surface area contributed by atoms with Gasteiger partial charge in [-0.2, -0.15) is 0 Å². The lowest BCUT2D eigenvalue weighted by molar-refractivity contribution is -0.136. The number of aromatic nitrogens is 4. The fourth-order valence-electron chi connectivity index (χ4n) is 12.6. The number of anilines is 6. The number of hydrogen-bond acceptors (Lipinski definition) is 14. The Bertz CT molecular complexity index is 3360. The van der Waals surface area contributed by atoms with Gasteiger partial charge in [0.05, 0.1) is 40.5 Å². The Hall–Kier alpha value is -7.97. The van der Waals surface area contributed by atoms with Gasteiger partial charge in [0, 0.05) is 106 Å². The van der Waals surface area contributed by atoms with Crippen LogP contribution in [0.25, 0.3) is 11.3 Å². The predicted octanol–water partition coefficient (Wildman–Crippen LogP) is 4.76. The number of nitrogens with zero attached hydrogens (tertiary/aromatic N) is 9. The maximum absolute atomic E-state index is 14.1. The minimum atomic E-state index is -1.04. The zero-order valence-electron chi connectivity index (χ0n) is 43.4. The van der Waals surface area contributed by atoms with Crippen molar-refractivity contribution in [2.45, 2.75) is 104 Å². The number of pyridine rings is 1. The zero-order chi connectivity index (χ0) is 53.5. The quantitative estimate of drug-likeness (QED) is 0.103. The van der Waals surface area contributed by atoms with Gasteiger partial charge in [0.15, 0.2) is 5.82 Å². The van der Waals surface area contributed by atoms with Gasteiger partial charge in [0.2, 0.25) is 17.7 Å². The summed E-state index contributed by atoms with van der Waals surface area (Å²) in [4.78, 5) is 112. The zero-order valence-corrected chi connectivity index (χ0v) is 43.4. The molecule has 11 rings (SSSR count). The molecule has 0 radical (unpaired) electrons. The first kappa shape index (κ1) is 50.2. The summed E-state index contributed by atoms with van der Waals surface area (Å²) >= 11 is 0. The van der Waals surface area contributed by atoms with Crippen LogP contribution in [-0.2, 0) is 47.4 Å². The van der Waals surface area contributed by atoms with Gasteiger partial charge in [0.1, 0.15) is 17.6 Å². The van der Waals surface area contributed by atoms with Gasteiger partial charge in [-0.1, -0.05) is 26.5 Å². The van der Waals surface area contributed by atoms with Crippen LogP contribution in [0.15, 0.2) is 78.4 Å². The predicted molar refractivity (Wildman–Crippen MR) is 286 cm³/mol. The molecule has 4 atom stereocenters. The molecule has 4 N–H and O–H groups in total. The number of hydrogen-bond donors (Lipinski definition) is 4. The van der Waals surface area contributed by atoms with Crippen LogP contribution in [0.3, 0.4) is 0 Å². The molecule has 5 aliphatic heterocycles. The van der Waals surface area contributed by atoms with E-state index in [4.69, 9.17) is 4.98 Å². The second kappa shape index (κ2) is 19.3. The number of piperidine rings is 2. The van der Waals surface area contributed by atoms with E-state index in [1.807, 2.05) is 24.3 Å². The van der Waals surface area contributed by atoms with Gasteiger partial charge in [-0.15, -0.1) is 0 Å². The number of aliphatic hydroxyl groups excluding tert-OH is 1. The van der Waals surface area contributed by atoms with E-state index in [1.165, 1.54) is 21.9 Å². The molecule has 1 aliphatic carbocycles. The molecule has 0 bridgehead atoms. The number of carbonyl (C=O) groups is 6. The van der Waals surface area contributed by atoms with Crippen molar-refractivity contribution in [1.29, 1.82) is 0 Å². The lowest BCUT2D eigenvalue weighted by Crippen LogP contribution is -2.58. The van der Waals surface area contributed by atoms with E-state index in [-0.39, 0.29) is 53.7 Å². The van der Waals surface area contributed by atoms with E-state index >= 15 is 0 Å². The van der Waals surface area contributed by atoms with Crippen molar-refractivity contribution in [3.63, 3.8) is 0 Å². The van der Waals surface area contributed by atoms with E-state index in [0.29, 0.717) is 77.1 Å². The molecule has 3 fully saturated rings. The third-order valence-electron chi connectivity index (χ3n) is 16.2. The maximum atomic E-state index is 14.1. The van der Waals surface area contributed by atoms with Crippen molar-refractivity contribution < 1.29 is 33.9 Å². The summed E-state index contributed by atoms with van der Waals surface area (Å²) in [6.45, 7) is 15.8. The maximum Gasteiger partial charge on any atom is 0.293 e. The van der Waals surface area contributed by atoms with Crippen molar-refractivity contribution >= 4 is 69.8 Å². The largest absolute Gasteiger partial charge is 0.392 e. The molecule has 3 aromatic heterocycles. The molecule has 20 heteroatoms. The van der Waals surface area contributed by atoms with Crippen LogP contribution in [-0.4, -0.2) is 126 Å². The topological polar surface area (TPSA) is 228 Å². The third-order valence-corrected chi connectivity index (χ3v) is 16.2. The van der Waals surface area contributed by atoms with Crippen LogP contribution in [0.1, 0.15) is 101 Å². The Balaban J connectivity index is 0.786. The molecule has 6 aliphatic rings. The second-order valence-electron chi connectivity index (χ2n) is 21.8. The van der Waals surface area contributed by atoms with E-state index in [0.717, 1.165) is 49.4 Å². The fourth-order valence-corrected chi connectivity index (χ4v) is 12.6. The monoisotopic (exact) mass is 1030 g/mol. The molecule has 6 amide bonds. The Morgan fingerprint density at radius 3 is 2.45 bits per heavy atom. The number of nitrogens with one attached hydrogen (secondary N) is 3. The van der Waals surface area contributed by atoms with Crippen LogP contribution in [0.2, 0.25) is 0 Å². The normalized spacial score (nSPS) is 22.4. The van der Waals surface area contributed by atoms with E-state index in [2.05, 4.69) is 74.5 Å². The highest BCUT2D eigenvalue weighted by atomic mass is 16.3. The minimum absolute atomic E-state index is 0.00788. The number of carbonyl (C=O) groups excluding carboxylic acids is 6. The number of fused-ring (bicyclic) bond motifs is 4. The summed E-state index contributed by atoms with van der Waals surface area (Å²) < 4.78 is 3.54. The van der Waals surface area contributed by atoms with Crippen LogP contribution >= 0.6 is 0 Å². The first-order valence-corrected chi connectivity index (χ1v) is 26.1. The molecule has 5 aromatic rings. The number of rotatable bonds is 11. The number of amides is 6. The Labute approximate surface area is 439 Å². The SMILES string of the molecule is C=CC(=O)Nc1cc(Nc2nc(-c3ccnc(N4CCn5c(cc6c5CC(C)(C)C6)C4=O)c3CO)cn(C)c2=O)ccc1N1CCN(C2CCN(c3cccc4c3C(=O)N(C3CCC(=O)NC3=O)C4=O)[C@@H](C)C2)C[C@@H]1C. The van der Waals surface area contributed by atoms with Crippen LogP contribution in [0, 0.1) is 5.41 Å². The van der Waals surface area contributed by atoms with Crippen molar-refractivity contribution in [1.82, 2.24) is 34.2 Å². The van der Waals surface area contributed by atoms with Crippen molar-refractivity contribution in [2.75, 3.05) is 58.1 Å². The Morgan fingerprint density at radius 2 is 1.70 bits per heavy atom. The molecule has 3 saturated heterocycles. The summed E-state index contributed by atoms with van der Waals surface area (Å²) in [5.74, 6) is -2.35. The molecule has 2 unspecified atom stereocenters. The highest BCUT2D eigenvalue weighted by Crippen LogP contribution is 2.42. The standard InChI is InChI=1S/C56H62N12O8/c1-7-46(70)59-39-25-34(58-49-55(76)62(6)29-40(60-49)36-15-17-57-50(38(36)30-69)67-22-21-66-44(53(67)74)24-33-26-56(4,5)27-45(33)66)11-12-41(39)65-20-19-63(28-32(65)3)35-16-18-64(31(2)23-35)42-10-8-9-37-48(42)54(75)68(52(37)73)43-13-14-47(71)61-51(43)72/h7-12,15,17,24-25,29,31-32,35,43,69H,1,13-14,16,18-23,26-28,30H2,2-6H3,(H,58,60)(H,59,70)(H,61,71,72)/t31-,32-,35?,43?/m0/s1. The lowest BCUT2D eigenvalue weighted by Gasteiger charge is -2.48. The molecule has 0 spiro atoms.